The lowest BCUT2D eigenvalue weighted by Crippen LogP contribution is -2.09. The second-order valence-electron chi connectivity index (χ2n) is 4.81. The lowest BCUT2D eigenvalue weighted by atomic mass is 10.1. The first-order valence-electron chi connectivity index (χ1n) is 7.03. The van der Waals surface area contributed by atoms with Crippen molar-refractivity contribution in [1.29, 1.82) is 0 Å². The van der Waals surface area contributed by atoms with Crippen molar-refractivity contribution in [3.63, 3.8) is 0 Å². The molecule has 0 bridgehead atoms. The molecule has 0 aliphatic carbocycles. The predicted molar refractivity (Wildman–Crippen MR) is 77.7 cm³/mol. The molecule has 0 radical (unpaired) electrons. The first-order valence-corrected chi connectivity index (χ1v) is 8.44. The van der Waals surface area contributed by atoms with E-state index in [4.69, 9.17) is 4.18 Å². The summed E-state index contributed by atoms with van der Waals surface area (Å²) in [7, 11) is -3.59. The van der Waals surface area contributed by atoms with Gasteiger partial charge in [-0.1, -0.05) is 57.2 Å². The molecular weight excluding hydrogens is 260 g/mol. The summed E-state index contributed by atoms with van der Waals surface area (Å²) in [6.45, 7) is 4.24. The zero-order chi connectivity index (χ0) is 14.1. The maximum Gasteiger partial charge on any atom is 0.297 e. The Morgan fingerprint density at radius 3 is 2.32 bits per heavy atom. The van der Waals surface area contributed by atoms with E-state index in [-0.39, 0.29) is 11.5 Å². The van der Waals surface area contributed by atoms with Crippen molar-refractivity contribution >= 4 is 10.1 Å². The summed E-state index contributed by atoms with van der Waals surface area (Å²) < 4.78 is 29.0. The molecule has 0 heterocycles. The number of hydrogen-bond acceptors (Lipinski definition) is 3. The number of hydrogen-bond donors (Lipinski definition) is 0. The maximum atomic E-state index is 12.0. The van der Waals surface area contributed by atoms with Gasteiger partial charge in [-0.3, -0.25) is 4.18 Å². The highest BCUT2D eigenvalue weighted by molar-refractivity contribution is 7.86. The van der Waals surface area contributed by atoms with E-state index in [1.807, 2.05) is 6.07 Å². The van der Waals surface area contributed by atoms with Crippen LogP contribution in [0, 0.1) is 6.92 Å². The number of aryl methyl sites for hydroxylation is 1. The molecule has 0 saturated carbocycles. The van der Waals surface area contributed by atoms with E-state index in [9.17, 15) is 8.42 Å². The molecule has 3 nitrogen and oxygen atoms in total. The summed E-state index contributed by atoms with van der Waals surface area (Å²) in [4.78, 5) is 0.279. The second-order valence-corrected chi connectivity index (χ2v) is 6.39. The van der Waals surface area contributed by atoms with Crippen molar-refractivity contribution in [1.82, 2.24) is 0 Å². The molecule has 4 heteroatoms. The quantitative estimate of drug-likeness (QED) is 0.507. The molecule has 0 spiro atoms. The average Bonchev–Trinajstić information content (AvgIpc) is 2.38. The fourth-order valence-electron chi connectivity index (χ4n) is 1.95. The third-order valence-electron chi connectivity index (χ3n) is 3.10. The van der Waals surface area contributed by atoms with Gasteiger partial charge in [0.2, 0.25) is 0 Å². The Labute approximate surface area is 117 Å². The summed E-state index contributed by atoms with van der Waals surface area (Å²) >= 11 is 0. The van der Waals surface area contributed by atoms with Gasteiger partial charge in [0.15, 0.2) is 0 Å². The van der Waals surface area contributed by atoms with Crippen LogP contribution in [0.2, 0.25) is 0 Å². The van der Waals surface area contributed by atoms with Gasteiger partial charge in [0.25, 0.3) is 10.1 Å². The molecule has 0 saturated heterocycles. The Balaban J connectivity index is 2.34. The highest BCUT2D eigenvalue weighted by Gasteiger charge is 2.16. The van der Waals surface area contributed by atoms with Crippen LogP contribution in [0.25, 0.3) is 0 Å². The van der Waals surface area contributed by atoms with Crippen molar-refractivity contribution in [2.45, 2.75) is 57.3 Å². The third-order valence-corrected chi connectivity index (χ3v) is 4.57. The maximum absolute atomic E-state index is 12.0. The molecule has 0 aromatic heterocycles. The van der Waals surface area contributed by atoms with Crippen LogP contribution in [0.1, 0.15) is 51.0 Å². The first-order chi connectivity index (χ1) is 9.08. The molecular formula is C15H24O3S. The van der Waals surface area contributed by atoms with Gasteiger partial charge < -0.3 is 0 Å². The SMILES string of the molecule is CCCCCCCCOS(=O)(=O)c1ccccc1C. The zero-order valence-corrected chi connectivity index (χ0v) is 12.7. The smallest absolute Gasteiger partial charge is 0.266 e. The van der Waals surface area contributed by atoms with Crippen molar-refractivity contribution in [3.05, 3.63) is 29.8 Å². The first kappa shape index (κ1) is 16.2. The van der Waals surface area contributed by atoms with Crippen molar-refractivity contribution < 1.29 is 12.6 Å². The summed E-state index contributed by atoms with van der Waals surface area (Å²) in [5, 5.41) is 0. The largest absolute Gasteiger partial charge is 0.297 e. The van der Waals surface area contributed by atoms with E-state index < -0.39 is 10.1 Å². The van der Waals surface area contributed by atoms with Crippen molar-refractivity contribution in [2.24, 2.45) is 0 Å². The van der Waals surface area contributed by atoms with Crippen LogP contribution in [0.5, 0.6) is 0 Å². The lowest BCUT2D eigenvalue weighted by Gasteiger charge is -2.07. The van der Waals surface area contributed by atoms with Crippen LogP contribution in [0.3, 0.4) is 0 Å². The van der Waals surface area contributed by atoms with E-state index in [1.165, 1.54) is 19.3 Å². The average molecular weight is 284 g/mol. The minimum atomic E-state index is -3.59. The molecule has 0 atom stereocenters. The molecule has 0 fully saturated rings. The van der Waals surface area contributed by atoms with Gasteiger partial charge in [-0.05, 0) is 25.0 Å². The number of unbranched alkanes of at least 4 members (excludes halogenated alkanes) is 5. The monoisotopic (exact) mass is 284 g/mol. The van der Waals surface area contributed by atoms with Gasteiger partial charge in [0.05, 0.1) is 11.5 Å². The second kappa shape index (κ2) is 8.33. The highest BCUT2D eigenvalue weighted by atomic mass is 32.2. The van der Waals surface area contributed by atoms with E-state index >= 15 is 0 Å². The zero-order valence-electron chi connectivity index (χ0n) is 11.9. The Morgan fingerprint density at radius 1 is 1.00 bits per heavy atom. The van der Waals surface area contributed by atoms with Gasteiger partial charge in [0, 0.05) is 0 Å². The summed E-state index contributed by atoms with van der Waals surface area (Å²) in [6, 6.07) is 6.91. The normalized spacial score (nSPS) is 11.7. The molecule has 1 rings (SSSR count). The minimum absolute atomic E-state index is 0.279. The highest BCUT2D eigenvalue weighted by Crippen LogP contribution is 2.17. The van der Waals surface area contributed by atoms with Crippen LogP contribution < -0.4 is 0 Å². The van der Waals surface area contributed by atoms with Crippen LogP contribution in [0.4, 0.5) is 0 Å². The van der Waals surface area contributed by atoms with Gasteiger partial charge in [0.1, 0.15) is 0 Å². The number of rotatable bonds is 9. The van der Waals surface area contributed by atoms with Crippen molar-refractivity contribution in [3.8, 4) is 0 Å². The topological polar surface area (TPSA) is 43.4 Å². The standard InChI is InChI=1S/C15H24O3S/c1-3-4-5-6-7-10-13-18-19(16,17)15-12-9-8-11-14(15)2/h8-9,11-12H,3-7,10,13H2,1-2H3. The third kappa shape index (κ3) is 5.74. The van der Waals surface area contributed by atoms with Crippen LogP contribution >= 0.6 is 0 Å². The Hall–Kier alpha value is -0.870. The molecule has 0 N–H and O–H groups in total. The molecule has 19 heavy (non-hydrogen) atoms. The van der Waals surface area contributed by atoms with Crippen LogP contribution in [-0.2, 0) is 14.3 Å². The van der Waals surface area contributed by atoms with Gasteiger partial charge in [-0.15, -0.1) is 0 Å². The van der Waals surface area contributed by atoms with E-state index in [1.54, 1.807) is 25.1 Å². The Morgan fingerprint density at radius 2 is 1.63 bits per heavy atom. The van der Waals surface area contributed by atoms with E-state index in [2.05, 4.69) is 6.92 Å². The fourth-order valence-corrected chi connectivity index (χ4v) is 3.12. The predicted octanol–water partition coefficient (Wildman–Crippen LogP) is 4.06. The summed E-state index contributed by atoms with van der Waals surface area (Å²) in [6.07, 6.45) is 6.68. The van der Waals surface area contributed by atoms with Gasteiger partial charge in [-0.25, -0.2) is 0 Å². The van der Waals surface area contributed by atoms with Crippen LogP contribution in [0.15, 0.2) is 29.2 Å². The van der Waals surface area contributed by atoms with E-state index in [0.717, 1.165) is 24.8 Å². The summed E-state index contributed by atoms with van der Waals surface area (Å²) in [5.74, 6) is 0. The molecule has 108 valence electrons. The molecule has 1 aromatic rings. The molecule has 0 unspecified atom stereocenters. The molecule has 0 aliphatic rings. The Kier molecular flexibility index (Phi) is 7.10. The molecule has 1 aromatic carbocycles. The van der Waals surface area contributed by atoms with Crippen molar-refractivity contribution in [2.75, 3.05) is 6.61 Å². The summed E-state index contributed by atoms with van der Waals surface area (Å²) in [5.41, 5.74) is 0.727. The van der Waals surface area contributed by atoms with Crippen LogP contribution in [-0.4, -0.2) is 15.0 Å². The Bertz CT molecular complexity index is 466. The molecule has 0 amide bonds. The fraction of sp³-hybridized carbons (Fsp3) is 0.600. The van der Waals surface area contributed by atoms with E-state index in [0.29, 0.717) is 0 Å². The molecule has 0 aliphatic heterocycles. The minimum Gasteiger partial charge on any atom is -0.266 e. The number of benzene rings is 1. The lowest BCUT2D eigenvalue weighted by molar-refractivity contribution is 0.306. The van der Waals surface area contributed by atoms with Gasteiger partial charge >= 0.3 is 0 Å². The van der Waals surface area contributed by atoms with Gasteiger partial charge in [-0.2, -0.15) is 8.42 Å².